The van der Waals surface area contributed by atoms with Gasteiger partial charge in [0, 0.05) is 6.54 Å². The zero-order valence-corrected chi connectivity index (χ0v) is 14.1. The van der Waals surface area contributed by atoms with Gasteiger partial charge in [0.25, 0.3) is 5.91 Å². The van der Waals surface area contributed by atoms with Crippen LogP contribution in [0.1, 0.15) is 38.2 Å². The zero-order valence-electron chi connectivity index (χ0n) is 14.1. The highest BCUT2D eigenvalue weighted by molar-refractivity contribution is 6.04. The number of hydrogen-bond donors (Lipinski definition) is 1. The molecule has 2 aliphatic heterocycles. The number of benzene rings is 1. The maximum Gasteiger partial charge on any atom is 0.327 e. The van der Waals surface area contributed by atoms with Gasteiger partial charge in [-0.3, -0.25) is 9.69 Å². The molecule has 3 rings (SSSR count). The standard InChI is InChI=1S/C18H24N2O4/c1-12(2)14-6-3-4-8-16(14)24-11-13(21)10-20-17(22)15-7-5-9-19(15)18(20)23/h3-4,6,8,12-13,15,21H,5,7,9-11H2,1-2H3/t13-,15+/m0/s1. The normalized spacial score (nSPS) is 21.6. The van der Waals surface area contributed by atoms with Gasteiger partial charge >= 0.3 is 6.03 Å². The van der Waals surface area contributed by atoms with Gasteiger partial charge in [-0.25, -0.2) is 4.79 Å². The van der Waals surface area contributed by atoms with E-state index in [2.05, 4.69) is 13.8 Å². The van der Waals surface area contributed by atoms with Gasteiger partial charge in [-0.2, -0.15) is 0 Å². The first-order chi connectivity index (χ1) is 11.5. The molecular weight excluding hydrogens is 308 g/mol. The number of nitrogens with zero attached hydrogens (tertiary/aromatic N) is 2. The van der Waals surface area contributed by atoms with Crippen molar-refractivity contribution in [2.45, 2.75) is 44.8 Å². The zero-order chi connectivity index (χ0) is 17.3. The van der Waals surface area contributed by atoms with Crippen LogP contribution in [0.25, 0.3) is 0 Å². The Morgan fingerprint density at radius 2 is 2.04 bits per heavy atom. The first-order valence-electron chi connectivity index (χ1n) is 8.50. The SMILES string of the molecule is CC(C)c1ccccc1OC[C@@H](O)CN1C(=O)[C@H]2CCCN2C1=O. The van der Waals surface area contributed by atoms with Crippen LogP contribution in [-0.2, 0) is 4.79 Å². The van der Waals surface area contributed by atoms with Crippen molar-refractivity contribution >= 4 is 11.9 Å². The van der Waals surface area contributed by atoms with Crippen LogP contribution in [0.15, 0.2) is 24.3 Å². The number of hydrogen-bond acceptors (Lipinski definition) is 4. The third kappa shape index (κ3) is 3.11. The largest absolute Gasteiger partial charge is 0.491 e. The van der Waals surface area contributed by atoms with Crippen molar-refractivity contribution in [3.05, 3.63) is 29.8 Å². The number of β-amino-alcohol motifs (C(OH)–C–C–N with tert-alkyl or cyclic N) is 1. The molecule has 2 saturated heterocycles. The number of carbonyl (C=O) groups excluding carboxylic acids is 2. The Kier molecular flexibility index (Phi) is 4.76. The molecule has 1 aromatic carbocycles. The highest BCUT2D eigenvalue weighted by Crippen LogP contribution is 2.28. The average molecular weight is 332 g/mol. The summed E-state index contributed by atoms with van der Waals surface area (Å²) in [5.74, 6) is 0.845. The summed E-state index contributed by atoms with van der Waals surface area (Å²) in [7, 11) is 0. The summed E-state index contributed by atoms with van der Waals surface area (Å²) in [5, 5.41) is 10.2. The van der Waals surface area contributed by atoms with E-state index in [1.165, 1.54) is 0 Å². The average Bonchev–Trinajstić information content (AvgIpc) is 3.13. The highest BCUT2D eigenvalue weighted by atomic mass is 16.5. The van der Waals surface area contributed by atoms with Crippen molar-refractivity contribution in [1.82, 2.24) is 9.80 Å². The van der Waals surface area contributed by atoms with Crippen molar-refractivity contribution in [3.8, 4) is 5.75 Å². The van der Waals surface area contributed by atoms with Crippen LogP contribution in [0.4, 0.5) is 4.79 Å². The number of aliphatic hydroxyl groups is 1. The first-order valence-corrected chi connectivity index (χ1v) is 8.50. The third-order valence-corrected chi connectivity index (χ3v) is 4.65. The number of para-hydroxylation sites is 1. The van der Waals surface area contributed by atoms with Crippen LogP contribution in [0, 0.1) is 0 Å². The Morgan fingerprint density at radius 3 is 2.75 bits per heavy atom. The summed E-state index contributed by atoms with van der Waals surface area (Å²) in [4.78, 5) is 27.3. The molecule has 2 atom stereocenters. The lowest BCUT2D eigenvalue weighted by Gasteiger charge is -2.20. The highest BCUT2D eigenvalue weighted by Gasteiger charge is 2.47. The Balaban J connectivity index is 1.58. The lowest BCUT2D eigenvalue weighted by molar-refractivity contribution is -0.129. The number of amides is 3. The molecule has 0 aromatic heterocycles. The van der Waals surface area contributed by atoms with Gasteiger partial charge in [0.05, 0.1) is 6.54 Å². The van der Waals surface area contributed by atoms with Crippen molar-refractivity contribution < 1.29 is 19.4 Å². The number of carbonyl (C=O) groups is 2. The summed E-state index contributed by atoms with van der Waals surface area (Å²) in [6.45, 7) is 4.81. The molecule has 24 heavy (non-hydrogen) atoms. The second kappa shape index (κ2) is 6.81. The quantitative estimate of drug-likeness (QED) is 0.809. The first kappa shape index (κ1) is 16.8. The fourth-order valence-corrected chi connectivity index (χ4v) is 3.39. The van der Waals surface area contributed by atoms with E-state index in [4.69, 9.17) is 4.74 Å². The van der Waals surface area contributed by atoms with E-state index < -0.39 is 6.10 Å². The number of aliphatic hydroxyl groups excluding tert-OH is 1. The van der Waals surface area contributed by atoms with Crippen molar-refractivity contribution in [1.29, 1.82) is 0 Å². The van der Waals surface area contributed by atoms with Crippen LogP contribution in [-0.4, -0.2) is 58.7 Å². The van der Waals surface area contributed by atoms with Gasteiger partial charge < -0.3 is 14.7 Å². The smallest absolute Gasteiger partial charge is 0.327 e. The number of imide groups is 1. The third-order valence-electron chi connectivity index (χ3n) is 4.65. The van der Waals surface area contributed by atoms with Gasteiger partial charge in [0.15, 0.2) is 0 Å². The van der Waals surface area contributed by atoms with E-state index in [1.807, 2.05) is 24.3 Å². The molecule has 1 aromatic rings. The lowest BCUT2D eigenvalue weighted by Crippen LogP contribution is -2.41. The van der Waals surface area contributed by atoms with Gasteiger partial charge in [0.1, 0.15) is 24.5 Å². The number of fused-ring (bicyclic) bond motifs is 1. The predicted octanol–water partition coefficient (Wildman–Crippen LogP) is 1.98. The van der Waals surface area contributed by atoms with Crippen molar-refractivity contribution in [3.63, 3.8) is 0 Å². The van der Waals surface area contributed by atoms with E-state index in [9.17, 15) is 14.7 Å². The minimum Gasteiger partial charge on any atom is -0.491 e. The predicted molar refractivity (Wildman–Crippen MR) is 88.9 cm³/mol. The van der Waals surface area contributed by atoms with Gasteiger partial charge in [-0.15, -0.1) is 0 Å². The second-order valence-electron chi connectivity index (χ2n) is 6.74. The molecule has 6 heteroatoms. The minimum atomic E-state index is -0.904. The van der Waals surface area contributed by atoms with Crippen LogP contribution in [0.5, 0.6) is 5.75 Å². The Labute approximate surface area is 142 Å². The molecule has 2 aliphatic rings. The van der Waals surface area contributed by atoms with Crippen LogP contribution in [0.3, 0.4) is 0 Å². The molecule has 0 saturated carbocycles. The Hall–Kier alpha value is -2.08. The summed E-state index contributed by atoms with van der Waals surface area (Å²) < 4.78 is 5.72. The van der Waals surface area contributed by atoms with Gasteiger partial charge in [-0.1, -0.05) is 32.0 Å². The van der Waals surface area contributed by atoms with Crippen molar-refractivity contribution in [2.75, 3.05) is 19.7 Å². The minimum absolute atomic E-state index is 0.0193. The lowest BCUT2D eigenvalue weighted by atomic mass is 10.0. The van der Waals surface area contributed by atoms with Gasteiger partial charge in [-0.05, 0) is 30.4 Å². The molecule has 0 spiro atoms. The summed E-state index contributed by atoms with van der Waals surface area (Å²) >= 11 is 0. The summed E-state index contributed by atoms with van der Waals surface area (Å²) in [5.41, 5.74) is 1.07. The topological polar surface area (TPSA) is 70.1 Å². The molecule has 0 bridgehead atoms. The van der Waals surface area contributed by atoms with E-state index in [0.29, 0.717) is 12.5 Å². The molecule has 130 valence electrons. The van der Waals surface area contributed by atoms with Crippen molar-refractivity contribution in [2.24, 2.45) is 0 Å². The molecule has 6 nitrogen and oxygen atoms in total. The monoisotopic (exact) mass is 332 g/mol. The molecular formula is C18H24N2O4. The summed E-state index contributed by atoms with van der Waals surface area (Å²) in [6.07, 6.45) is 0.682. The number of urea groups is 1. The Bertz CT molecular complexity index is 609. The second-order valence-corrected chi connectivity index (χ2v) is 6.74. The van der Waals surface area contributed by atoms with E-state index >= 15 is 0 Å². The Morgan fingerprint density at radius 1 is 1.29 bits per heavy atom. The molecule has 0 radical (unpaired) electrons. The number of ether oxygens (including phenoxy) is 1. The molecule has 1 N–H and O–H groups in total. The summed E-state index contributed by atoms with van der Waals surface area (Å²) in [6, 6.07) is 7.08. The van der Waals surface area contributed by atoms with Gasteiger partial charge in [0.2, 0.25) is 0 Å². The molecule has 3 amide bonds. The molecule has 2 fully saturated rings. The molecule has 0 aliphatic carbocycles. The maximum absolute atomic E-state index is 12.3. The fourth-order valence-electron chi connectivity index (χ4n) is 3.39. The fraction of sp³-hybridized carbons (Fsp3) is 0.556. The van der Waals surface area contributed by atoms with E-state index in [-0.39, 0.29) is 31.1 Å². The number of rotatable bonds is 6. The molecule has 0 unspecified atom stereocenters. The van der Waals surface area contributed by atoms with E-state index in [1.54, 1.807) is 4.90 Å². The maximum atomic E-state index is 12.3. The van der Waals surface area contributed by atoms with Crippen LogP contribution in [0.2, 0.25) is 0 Å². The van der Waals surface area contributed by atoms with E-state index in [0.717, 1.165) is 29.1 Å². The van der Waals surface area contributed by atoms with Crippen LogP contribution >= 0.6 is 0 Å². The van der Waals surface area contributed by atoms with Crippen LogP contribution < -0.4 is 4.74 Å². The molecule has 2 heterocycles.